The average Bonchev–Trinajstić information content (AvgIpc) is 3.27. The quantitative estimate of drug-likeness (QED) is 0.456. The molecule has 156 valence electrons. The van der Waals surface area contributed by atoms with Crippen molar-refractivity contribution >= 4 is 11.9 Å². The van der Waals surface area contributed by atoms with E-state index in [1.807, 2.05) is 48.5 Å². The predicted molar refractivity (Wildman–Crippen MR) is 115 cm³/mol. The van der Waals surface area contributed by atoms with Crippen molar-refractivity contribution in [3.63, 3.8) is 0 Å². The maximum Gasteiger partial charge on any atom is 0.326 e. The van der Waals surface area contributed by atoms with Crippen molar-refractivity contribution in [1.29, 1.82) is 0 Å². The zero-order chi connectivity index (χ0) is 21.2. The number of nitrogens with one attached hydrogen (secondary N) is 2. The molecule has 0 fully saturated rings. The number of imidazole rings is 1. The molecule has 0 aliphatic heterocycles. The van der Waals surface area contributed by atoms with Gasteiger partial charge in [0.15, 0.2) is 0 Å². The summed E-state index contributed by atoms with van der Waals surface area (Å²) in [6, 6.07) is 19.0. The zero-order valence-corrected chi connectivity index (χ0v) is 16.8. The summed E-state index contributed by atoms with van der Waals surface area (Å²) >= 11 is 0. The molecule has 0 spiro atoms. The fourth-order valence-electron chi connectivity index (χ4n) is 3.53. The van der Waals surface area contributed by atoms with E-state index in [0.29, 0.717) is 18.5 Å². The third-order valence-corrected chi connectivity index (χ3v) is 5.15. The molecule has 3 aromatic rings. The molecule has 3 N–H and O–H groups in total. The molecule has 1 unspecified atom stereocenters. The van der Waals surface area contributed by atoms with Gasteiger partial charge in [-0.25, -0.2) is 9.78 Å². The summed E-state index contributed by atoms with van der Waals surface area (Å²) < 4.78 is 0. The highest BCUT2D eigenvalue weighted by atomic mass is 16.4. The van der Waals surface area contributed by atoms with Gasteiger partial charge in [0.05, 0.1) is 6.33 Å². The molecular formula is C24H27N3O3. The number of rotatable bonds is 11. The van der Waals surface area contributed by atoms with Gasteiger partial charge in [-0.2, -0.15) is 0 Å². The van der Waals surface area contributed by atoms with Gasteiger partial charge in [-0.15, -0.1) is 0 Å². The minimum atomic E-state index is -1.05. The number of carboxylic acids is 1. The molecule has 2 atom stereocenters. The number of aliphatic carboxylic acids is 1. The molecule has 3 rings (SSSR count). The van der Waals surface area contributed by atoms with E-state index in [2.05, 4.69) is 27.4 Å². The normalized spacial score (nSPS) is 12.8. The number of hydrogen-bond acceptors (Lipinski definition) is 3. The molecule has 0 saturated heterocycles. The van der Waals surface area contributed by atoms with Crippen LogP contribution in [0, 0.1) is 5.92 Å². The van der Waals surface area contributed by atoms with Crippen molar-refractivity contribution < 1.29 is 14.7 Å². The lowest BCUT2D eigenvalue weighted by Crippen LogP contribution is -2.45. The number of carbonyl (C=O) groups excluding carboxylic acids is 1. The number of H-pyrrole nitrogens is 1. The van der Waals surface area contributed by atoms with E-state index in [1.165, 1.54) is 11.9 Å². The highest BCUT2D eigenvalue weighted by Crippen LogP contribution is 2.17. The summed E-state index contributed by atoms with van der Waals surface area (Å²) in [7, 11) is 0. The molecule has 2 aromatic carbocycles. The summed E-state index contributed by atoms with van der Waals surface area (Å²) in [6.45, 7) is 0. The summed E-state index contributed by atoms with van der Waals surface area (Å²) in [6.07, 6.45) is 6.25. The van der Waals surface area contributed by atoms with E-state index in [1.54, 1.807) is 6.20 Å². The molecule has 30 heavy (non-hydrogen) atoms. The minimum Gasteiger partial charge on any atom is -0.480 e. The molecule has 0 saturated carbocycles. The SMILES string of the molecule is O=C(N[C@@H](Cc1cnc[nH]1)C(=O)O)C(CCCc1ccccc1)Cc1ccccc1. The fourth-order valence-corrected chi connectivity index (χ4v) is 3.53. The first-order valence-corrected chi connectivity index (χ1v) is 10.2. The lowest BCUT2D eigenvalue weighted by molar-refractivity contribution is -0.142. The summed E-state index contributed by atoms with van der Waals surface area (Å²) in [4.78, 5) is 31.5. The van der Waals surface area contributed by atoms with Crippen molar-refractivity contribution in [1.82, 2.24) is 15.3 Å². The van der Waals surface area contributed by atoms with Crippen LogP contribution in [0.15, 0.2) is 73.2 Å². The highest BCUT2D eigenvalue weighted by Gasteiger charge is 2.26. The highest BCUT2D eigenvalue weighted by molar-refractivity contribution is 5.85. The van der Waals surface area contributed by atoms with E-state index >= 15 is 0 Å². The monoisotopic (exact) mass is 405 g/mol. The zero-order valence-electron chi connectivity index (χ0n) is 16.8. The summed E-state index contributed by atoms with van der Waals surface area (Å²) in [5, 5.41) is 12.3. The van der Waals surface area contributed by atoms with Crippen LogP contribution in [-0.2, 0) is 28.9 Å². The molecule has 6 heteroatoms. The van der Waals surface area contributed by atoms with Gasteiger partial charge >= 0.3 is 5.97 Å². The van der Waals surface area contributed by atoms with Crippen LogP contribution in [0.2, 0.25) is 0 Å². The molecule has 6 nitrogen and oxygen atoms in total. The molecular weight excluding hydrogens is 378 g/mol. The Hall–Kier alpha value is -3.41. The number of aryl methyl sites for hydroxylation is 1. The van der Waals surface area contributed by atoms with E-state index in [9.17, 15) is 14.7 Å². The minimum absolute atomic E-state index is 0.170. The van der Waals surface area contributed by atoms with Crippen molar-refractivity contribution in [3.8, 4) is 0 Å². The number of aromatic amines is 1. The average molecular weight is 405 g/mol. The summed E-state index contributed by atoms with van der Waals surface area (Å²) in [5.41, 5.74) is 2.98. The van der Waals surface area contributed by atoms with E-state index in [4.69, 9.17) is 0 Å². The standard InChI is InChI=1S/C24H27N3O3/c28-23(27-22(24(29)30)15-21-16-25-17-26-21)20(14-19-10-5-2-6-11-19)13-7-12-18-8-3-1-4-9-18/h1-6,8-11,16-17,20,22H,7,12-15H2,(H,25,26)(H,27,28)(H,29,30)/t20?,22-/m0/s1. The van der Waals surface area contributed by atoms with Gasteiger partial charge < -0.3 is 15.4 Å². The van der Waals surface area contributed by atoms with Gasteiger partial charge in [-0.3, -0.25) is 4.79 Å². The van der Waals surface area contributed by atoms with E-state index < -0.39 is 12.0 Å². The molecule has 1 aromatic heterocycles. The van der Waals surface area contributed by atoms with Gasteiger partial charge in [-0.05, 0) is 36.8 Å². The Morgan fingerprint density at radius 1 is 0.967 bits per heavy atom. The van der Waals surface area contributed by atoms with Crippen molar-refractivity contribution in [2.75, 3.05) is 0 Å². The smallest absolute Gasteiger partial charge is 0.326 e. The first kappa shape index (κ1) is 21.3. The van der Waals surface area contributed by atoms with Gasteiger partial charge in [0.25, 0.3) is 0 Å². The number of carboxylic acid groups (broad SMARTS) is 1. The van der Waals surface area contributed by atoms with Gasteiger partial charge in [0, 0.05) is 24.2 Å². The second-order valence-corrected chi connectivity index (χ2v) is 7.44. The Kier molecular flexibility index (Phi) is 7.78. The number of amides is 1. The number of hydrogen-bond donors (Lipinski definition) is 3. The van der Waals surface area contributed by atoms with Crippen LogP contribution < -0.4 is 5.32 Å². The van der Waals surface area contributed by atoms with Crippen LogP contribution in [0.1, 0.15) is 29.7 Å². The van der Waals surface area contributed by atoms with Crippen LogP contribution in [0.3, 0.4) is 0 Å². The number of aromatic nitrogens is 2. The van der Waals surface area contributed by atoms with Crippen LogP contribution in [0.4, 0.5) is 0 Å². The van der Waals surface area contributed by atoms with Crippen molar-refractivity contribution in [2.45, 2.75) is 38.1 Å². The first-order valence-electron chi connectivity index (χ1n) is 10.2. The molecule has 0 radical (unpaired) electrons. The Labute approximate surface area is 176 Å². The Balaban J connectivity index is 1.65. The first-order chi connectivity index (χ1) is 14.6. The summed E-state index contributed by atoms with van der Waals surface area (Å²) in [5.74, 6) is -1.57. The second-order valence-electron chi connectivity index (χ2n) is 7.44. The van der Waals surface area contributed by atoms with E-state index in [-0.39, 0.29) is 18.2 Å². The van der Waals surface area contributed by atoms with Gasteiger partial charge in [0.2, 0.25) is 5.91 Å². The molecule has 1 heterocycles. The fraction of sp³-hybridized carbons (Fsp3) is 0.292. The number of nitrogens with zero attached hydrogens (tertiary/aromatic N) is 1. The number of benzene rings is 2. The largest absolute Gasteiger partial charge is 0.480 e. The second kappa shape index (κ2) is 11.0. The third-order valence-electron chi connectivity index (χ3n) is 5.15. The van der Waals surface area contributed by atoms with Crippen LogP contribution in [0.25, 0.3) is 0 Å². The van der Waals surface area contributed by atoms with Crippen LogP contribution in [0.5, 0.6) is 0 Å². The third kappa shape index (κ3) is 6.58. The Bertz CT molecular complexity index is 911. The predicted octanol–water partition coefficient (Wildman–Crippen LogP) is 3.40. The van der Waals surface area contributed by atoms with Gasteiger partial charge in [-0.1, -0.05) is 60.7 Å². The van der Waals surface area contributed by atoms with Crippen molar-refractivity contribution in [2.24, 2.45) is 5.92 Å². The lowest BCUT2D eigenvalue weighted by Gasteiger charge is -2.20. The molecule has 0 aliphatic rings. The molecule has 0 bridgehead atoms. The number of carbonyl (C=O) groups is 2. The Morgan fingerprint density at radius 3 is 2.23 bits per heavy atom. The molecule has 0 aliphatic carbocycles. The Morgan fingerprint density at radius 2 is 1.63 bits per heavy atom. The topological polar surface area (TPSA) is 95.1 Å². The van der Waals surface area contributed by atoms with Crippen LogP contribution in [-0.4, -0.2) is 33.0 Å². The lowest BCUT2D eigenvalue weighted by atomic mass is 9.92. The maximum atomic E-state index is 13.0. The van der Waals surface area contributed by atoms with E-state index in [0.717, 1.165) is 18.4 Å². The van der Waals surface area contributed by atoms with Gasteiger partial charge in [0.1, 0.15) is 6.04 Å². The molecule has 1 amide bonds. The van der Waals surface area contributed by atoms with Crippen LogP contribution >= 0.6 is 0 Å². The van der Waals surface area contributed by atoms with Crippen molar-refractivity contribution in [3.05, 3.63) is 90.0 Å². The maximum absolute atomic E-state index is 13.0.